The van der Waals surface area contributed by atoms with E-state index in [0.29, 0.717) is 18.4 Å². The number of hydrogen-bond acceptors (Lipinski definition) is 3. The minimum atomic E-state index is -3.10. The zero-order valence-electron chi connectivity index (χ0n) is 12.9. The summed E-state index contributed by atoms with van der Waals surface area (Å²) in [4.78, 5) is 0. The van der Waals surface area contributed by atoms with Crippen molar-refractivity contribution >= 4 is 10.0 Å². The third-order valence-corrected chi connectivity index (χ3v) is 6.06. The van der Waals surface area contributed by atoms with E-state index in [1.807, 2.05) is 0 Å². The molecule has 0 aromatic carbocycles. The smallest absolute Gasteiger partial charge is 0.214 e. The van der Waals surface area contributed by atoms with Gasteiger partial charge in [0.2, 0.25) is 10.0 Å². The van der Waals surface area contributed by atoms with Crippen LogP contribution >= 0.6 is 0 Å². The van der Waals surface area contributed by atoms with Gasteiger partial charge in [-0.1, -0.05) is 33.6 Å². The Balaban J connectivity index is 2.46. The van der Waals surface area contributed by atoms with Crippen LogP contribution < -0.4 is 5.32 Å². The maximum atomic E-state index is 12.3. The molecule has 2 unspecified atom stereocenters. The predicted molar refractivity (Wildman–Crippen MR) is 80.7 cm³/mol. The fraction of sp³-hybridized carbons (Fsp3) is 1.00. The van der Waals surface area contributed by atoms with Gasteiger partial charge in [0.1, 0.15) is 0 Å². The largest absolute Gasteiger partial charge is 0.314 e. The zero-order chi connectivity index (χ0) is 14.5. The first-order valence-electron chi connectivity index (χ1n) is 7.53. The van der Waals surface area contributed by atoms with Crippen molar-refractivity contribution in [3.8, 4) is 0 Å². The van der Waals surface area contributed by atoms with Gasteiger partial charge in [0.05, 0.1) is 5.75 Å². The van der Waals surface area contributed by atoms with Gasteiger partial charge in [0.15, 0.2) is 0 Å². The van der Waals surface area contributed by atoms with Gasteiger partial charge in [0.25, 0.3) is 0 Å². The van der Waals surface area contributed by atoms with Gasteiger partial charge in [-0.3, -0.25) is 0 Å². The molecule has 0 amide bonds. The Morgan fingerprint density at radius 1 is 1.26 bits per heavy atom. The van der Waals surface area contributed by atoms with Crippen LogP contribution in [0.25, 0.3) is 0 Å². The molecule has 0 heterocycles. The fourth-order valence-corrected chi connectivity index (χ4v) is 4.36. The molecule has 1 N–H and O–H groups in total. The van der Waals surface area contributed by atoms with E-state index in [1.54, 1.807) is 11.4 Å². The van der Waals surface area contributed by atoms with Gasteiger partial charge in [-0.2, -0.15) is 0 Å². The van der Waals surface area contributed by atoms with Crippen molar-refractivity contribution in [2.75, 3.05) is 19.3 Å². The first-order valence-corrected chi connectivity index (χ1v) is 9.14. The van der Waals surface area contributed by atoms with E-state index in [2.05, 4.69) is 26.1 Å². The fourth-order valence-electron chi connectivity index (χ4n) is 2.83. The van der Waals surface area contributed by atoms with Crippen molar-refractivity contribution in [2.24, 2.45) is 5.92 Å². The number of hydrogen-bond donors (Lipinski definition) is 1. The van der Waals surface area contributed by atoms with Crippen LogP contribution in [0.4, 0.5) is 0 Å². The zero-order valence-corrected chi connectivity index (χ0v) is 13.7. The topological polar surface area (TPSA) is 49.4 Å². The molecule has 0 spiro atoms. The molecule has 0 aliphatic heterocycles. The Labute approximate surface area is 119 Å². The Hall–Kier alpha value is -0.130. The van der Waals surface area contributed by atoms with E-state index < -0.39 is 10.0 Å². The molecule has 0 bridgehead atoms. The first-order chi connectivity index (χ1) is 8.84. The molecule has 0 saturated heterocycles. The van der Waals surface area contributed by atoms with Gasteiger partial charge in [-0.15, -0.1) is 0 Å². The molecule has 1 aliphatic rings. The summed E-state index contributed by atoms with van der Waals surface area (Å²) in [5.74, 6) is 0.745. The molecule has 1 aliphatic carbocycles. The Bertz CT molecular complexity index is 354. The maximum absolute atomic E-state index is 12.3. The molecule has 114 valence electrons. The van der Waals surface area contributed by atoms with Crippen LogP contribution in [0.3, 0.4) is 0 Å². The molecule has 0 aromatic heterocycles. The van der Waals surface area contributed by atoms with Crippen LogP contribution in [0.1, 0.15) is 52.9 Å². The van der Waals surface area contributed by atoms with Crippen LogP contribution in [0.2, 0.25) is 0 Å². The molecular weight excluding hydrogens is 260 g/mol. The second-order valence-corrected chi connectivity index (χ2v) is 8.27. The molecule has 1 saturated carbocycles. The van der Waals surface area contributed by atoms with Crippen LogP contribution in [-0.4, -0.2) is 44.2 Å². The molecule has 0 aromatic rings. The highest BCUT2D eigenvalue weighted by Crippen LogP contribution is 2.28. The monoisotopic (exact) mass is 290 g/mol. The van der Waals surface area contributed by atoms with Crippen LogP contribution in [0, 0.1) is 5.92 Å². The minimum Gasteiger partial charge on any atom is -0.314 e. The van der Waals surface area contributed by atoms with Crippen molar-refractivity contribution in [2.45, 2.75) is 65.0 Å². The van der Waals surface area contributed by atoms with Gasteiger partial charge < -0.3 is 5.32 Å². The molecule has 0 radical (unpaired) electrons. The van der Waals surface area contributed by atoms with Gasteiger partial charge in [-0.05, 0) is 31.7 Å². The van der Waals surface area contributed by atoms with Crippen molar-refractivity contribution in [1.82, 2.24) is 9.62 Å². The first kappa shape index (κ1) is 16.9. The lowest BCUT2D eigenvalue weighted by Gasteiger charge is -2.35. The Morgan fingerprint density at radius 2 is 1.89 bits per heavy atom. The predicted octanol–water partition coefficient (Wildman–Crippen LogP) is 2.21. The lowest BCUT2D eigenvalue weighted by Crippen LogP contribution is -2.43. The van der Waals surface area contributed by atoms with E-state index in [9.17, 15) is 8.42 Å². The van der Waals surface area contributed by atoms with E-state index >= 15 is 0 Å². The lowest BCUT2D eigenvalue weighted by atomic mass is 9.86. The molecule has 1 fully saturated rings. The number of nitrogens with one attached hydrogen (secondary N) is 1. The van der Waals surface area contributed by atoms with Crippen LogP contribution in [0.15, 0.2) is 0 Å². The number of sulfonamides is 1. The van der Waals surface area contributed by atoms with Crippen LogP contribution in [0.5, 0.6) is 0 Å². The Kier molecular flexibility index (Phi) is 6.77. The van der Waals surface area contributed by atoms with E-state index in [0.717, 1.165) is 25.8 Å². The third-order valence-electron chi connectivity index (χ3n) is 4.10. The minimum absolute atomic E-state index is 0.205. The normalized spacial score (nSPS) is 25.2. The quantitative estimate of drug-likeness (QED) is 0.731. The van der Waals surface area contributed by atoms with E-state index in [-0.39, 0.29) is 11.8 Å². The average molecular weight is 290 g/mol. The summed E-state index contributed by atoms with van der Waals surface area (Å²) in [6, 6.07) is 0.621. The standard InChI is InChI=1S/C14H30N2O2S/c1-12(2)15-10-7-11-19(17,18)16(4)14-9-6-5-8-13(14)3/h12-15H,5-11H2,1-4H3. The van der Waals surface area contributed by atoms with E-state index in [1.165, 1.54) is 6.42 Å². The molecule has 1 rings (SSSR count). The summed E-state index contributed by atoms with van der Waals surface area (Å²) < 4.78 is 26.3. The second-order valence-electron chi connectivity index (χ2n) is 6.12. The van der Waals surface area contributed by atoms with Crippen LogP contribution in [-0.2, 0) is 10.0 Å². The highest BCUT2D eigenvalue weighted by atomic mass is 32.2. The van der Waals surface area contributed by atoms with Crippen molar-refractivity contribution in [1.29, 1.82) is 0 Å². The summed E-state index contributed by atoms with van der Waals surface area (Å²) in [5.41, 5.74) is 0. The highest BCUT2D eigenvalue weighted by Gasteiger charge is 2.31. The van der Waals surface area contributed by atoms with Crippen molar-refractivity contribution in [3.63, 3.8) is 0 Å². The van der Waals surface area contributed by atoms with E-state index in [4.69, 9.17) is 0 Å². The molecular formula is C14H30N2O2S. The molecule has 4 nitrogen and oxygen atoms in total. The summed E-state index contributed by atoms with van der Waals surface area (Å²) >= 11 is 0. The summed E-state index contributed by atoms with van der Waals surface area (Å²) in [6.07, 6.45) is 5.25. The van der Waals surface area contributed by atoms with Gasteiger partial charge >= 0.3 is 0 Å². The molecule has 5 heteroatoms. The number of rotatable bonds is 7. The number of nitrogens with zero attached hydrogens (tertiary/aromatic N) is 1. The summed E-state index contributed by atoms with van der Waals surface area (Å²) in [7, 11) is -1.34. The van der Waals surface area contributed by atoms with Crippen molar-refractivity contribution in [3.05, 3.63) is 0 Å². The Morgan fingerprint density at radius 3 is 2.47 bits per heavy atom. The second kappa shape index (κ2) is 7.60. The summed E-state index contributed by atoms with van der Waals surface area (Å²) in [6.45, 7) is 7.09. The lowest BCUT2D eigenvalue weighted by molar-refractivity contribution is 0.213. The summed E-state index contributed by atoms with van der Waals surface area (Å²) in [5, 5.41) is 3.26. The average Bonchev–Trinajstić information content (AvgIpc) is 2.34. The molecule has 19 heavy (non-hydrogen) atoms. The SMILES string of the molecule is CC(C)NCCCS(=O)(=O)N(C)C1CCCCC1C. The molecule has 2 atom stereocenters. The van der Waals surface area contributed by atoms with Gasteiger partial charge in [-0.25, -0.2) is 12.7 Å². The third kappa shape index (κ3) is 5.40. The highest BCUT2D eigenvalue weighted by molar-refractivity contribution is 7.89. The van der Waals surface area contributed by atoms with Gasteiger partial charge in [0, 0.05) is 19.1 Å². The maximum Gasteiger partial charge on any atom is 0.214 e. The van der Waals surface area contributed by atoms with Crippen molar-refractivity contribution < 1.29 is 8.42 Å².